The summed E-state index contributed by atoms with van der Waals surface area (Å²) in [7, 11) is 1.64. The van der Waals surface area contributed by atoms with Crippen molar-refractivity contribution in [1.82, 2.24) is 16.0 Å². The maximum absolute atomic E-state index is 14.1. The highest BCUT2D eigenvalue weighted by Gasteiger charge is 2.75. The molecule has 0 spiro atoms. The maximum atomic E-state index is 14.1. The first kappa shape index (κ1) is 31.0. The zero-order valence-corrected chi connectivity index (χ0v) is 25.1. The first-order valence-corrected chi connectivity index (χ1v) is 15.2. The lowest BCUT2D eigenvalue weighted by molar-refractivity contribution is -0.201. The fraction of sp³-hybridized carbons (Fsp3) is 0.742. The predicted molar refractivity (Wildman–Crippen MR) is 152 cm³/mol. The van der Waals surface area contributed by atoms with Crippen LogP contribution in [-0.2, 0) is 33.4 Å². The largest absolute Gasteiger partial charge is 0.393 e. The highest BCUT2D eigenvalue weighted by atomic mass is 16.7. The smallest absolute Gasteiger partial charge is 0.241 e. The minimum Gasteiger partial charge on any atom is -0.393 e. The van der Waals surface area contributed by atoms with E-state index >= 15 is 0 Å². The van der Waals surface area contributed by atoms with Gasteiger partial charge in [-0.2, -0.15) is 0 Å². The monoisotopic (exact) mass is 587 g/mol. The fourth-order valence-electron chi connectivity index (χ4n) is 8.85. The highest BCUT2D eigenvalue weighted by molar-refractivity contribution is 6.01. The molecule has 232 valence electrons. The van der Waals surface area contributed by atoms with Crippen LogP contribution in [0.2, 0.25) is 0 Å². The number of aliphatic hydroxyl groups excluding tert-OH is 1. The van der Waals surface area contributed by atoms with Crippen molar-refractivity contribution in [2.24, 2.45) is 28.6 Å². The van der Waals surface area contributed by atoms with E-state index in [-0.39, 0.29) is 61.7 Å². The van der Waals surface area contributed by atoms with Crippen LogP contribution in [0, 0.1) is 28.6 Å². The summed E-state index contributed by atoms with van der Waals surface area (Å²) in [5.74, 6) is -0.853. The van der Waals surface area contributed by atoms with Crippen molar-refractivity contribution in [3.8, 4) is 0 Å². The van der Waals surface area contributed by atoms with Gasteiger partial charge in [-0.15, -0.1) is 0 Å². The van der Waals surface area contributed by atoms with E-state index in [0.717, 1.165) is 24.8 Å². The van der Waals surface area contributed by atoms with Crippen molar-refractivity contribution in [1.29, 1.82) is 0 Å². The summed E-state index contributed by atoms with van der Waals surface area (Å²) >= 11 is 0. The third-order valence-electron chi connectivity index (χ3n) is 10.6. The average molecular weight is 588 g/mol. The Bertz CT molecular complexity index is 1170. The van der Waals surface area contributed by atoms with Crippen LogP contribution >= 0.6 is 0 Å². The first-order chi connectivity index (χ1) is 20.0. The van der Waals surface area contributed by atoms with Crippen LogP contribution in [0.15, 0.2) is 23.8 Å². The van der Waals surface area contributed by atoms with Crippen LogP contribution in [0.1, 0.15) is 59.3 Å². The van der Waals surface area contributed by atoms with Crippen molar-refractivity contribution in [2.45, 2.75) is 83.4 Å². The number of amides is 2. The molecule has 0 aromatic carbocycles. The number of likely N-dealkylation sites (N-methyl/N-ethyl adjacent to an activating group) is 1. The van der Waals surface area contributed by atoms with Gasteiger partial charge in [0.1, 0.15) is 13.3 Å². The number of carbonyl (C=O) groups is 4. The van der Waals surface area contributed by atoms with Crippen LogP contribution in [0.3, 0.4) is 0 Å². The summed E-state index contributed by atoms with van der Waals surface area (Å²) in [5, 5.41) is 19.6. The Morgan fingerprint density at radius 2 is 1.93 bits per heavy atom. The number of rotatable bonds is 11. The molecule has 1 heterocycles. The minimum atomic E-state index is -1.27. The summed E-state index contributed by atoms with van der Waals surface area (Å²) in [4.78, 5) is 49.9. The number of nitrogens with one attached hydrogen (secondary N) is 3. The molecule has 4 N–H and O–H groups in total. The molecule has 0 aromatic heterocycles. The topological polar surface area (TPSA) is 152 Å². The fourth-order valence-corrected chi connectivity index (χ4v) is 8.85. The standard InChI is InChI=1S/C31H45N3O8/c1-5-6-27-41-24-12-21-20-8-7-18-11-19(35)9-10-29(18,2)28(20)22(36)13-30(21,3)31(24,42-27)23(37)16-40-17-34-26(39)15-33-25(38)14-32-4/h9-11,20-22,24,27-28,32,36H,5-8,12-17H2,1-4H3,(H,33,38)(H,34,39). The summed E-state index contributed by atoms with van der Waals surface area (Å²) in [5.41, 5.74) is -1.29. The Morgan fingerprint density at radius 3 is 2.67 bits per heavy atom. The molecule has 5 rings (SSSR count). The van der Waals surface area contributed by atoms with Crippen molar-refractivity contribution in [3.05, 3.63) is 23.8 Å². The summed E-state index contributed by atoms with van der Waals surface area (Å²) in [6.45, 7) is 5.66. The van der Waals surface area contributed by atoms with Crippen molar-refractivity contribution >= 4 is 23.4 Å². The van der Waals surface area contributed by atoms with E-state index in [1.165, 1.54) is 0 Å². The lowest BCUT2D eigenvalue weighted by Gasteiger charge is -2.59. The average Bonchev–Trinajstić information content (AvgIpc) is 3.42. The Kier molecular flexibility index (Phi) is 8.80. The number of allylic oxidation sites excluding steroid dienone is 4. The van der Waals surface area contributed by atoms with E-state index in [0.29, 0.717) is 19.3 Å². The van der Waals surface area contributed by atoms with Crippen LogP contribution in [-0.4, -0.2) is 86.1 Å². The van der Waals surface area contributed by atoms with Gasteiger partial charge in [0.2, 0.25) is 11.8 Å². The van der Waals surface area contributed by atoms with Gasteiger partial charge in [0, 0.05) is 16.7 Å². The molecule has 9 unspecified atom stereocenters. The van der Waals surface area contributed by atoms with Crippen LogP contribution < -0.4 is 16.0 Å². The van der Waals surface area contributed by atoms with Gasteiger partial charge in [0.15, 0.2) is 23.5 Å². The number of carbonyl (C=O) groups excluding carboxylic acids is 4. The molecule has 0 aromatic rings. The zero-order valence-electron chi connectivity index (χ0n) is 25.1. The molecule has 11 nitrogen and oxygen atoms in total. The summed E-state index contributed by atoms with van der Waals surface area (Å²) < 4.78 is 18.7. The third kappa shape index (κ3) is 5.06. The molecule has 2 amide bonds. The van der Waals surface area contributed by atoms with Gasteiger partial charge in [0.05, 0.1) is 25.3 Å². The molecular weight excluding hydrogens is 542 g/mol. The van der Waals surface area contributed by atoms with Crippen LogP contribution in [0.4, 0.5) is 0 Å². The number of ketones is 2. The Labute approximate surface area is 247 Å². The maximum Gasteiger partial charge on any atom is 0.241 e. The van der Waals surface area contributed by atoms with Gasteiger partial charge in [-0.05, 0) is 63.1 Å². The van der Waals surface area contributed by atoms with E-state index in [4.69, 9.17) is 14.2 Å². The molecule has 1 saturated heterocycles. The number of aliphatic hydroxyl groups is 1. The van der Waals surface area contributed by atoms with Gasteiger partial charge in [-0.3, -0.25) is 19.2 Å². The van der Waals surface area contributed by atoms with E-state index in [1.54, 1.807) is 19.2 Å². The summed E-state index contributed by atoms with van der Waals surface area (Å²) in [6.07, 6.45) is 7.77. The zero-order chi connectivity index (χ0) is 30.3. The number of Topliss-reactive ketones (excluding diaryl/α,β-unsaturated/α-hetero) is 1. The van der Waals surface area contributed by atoms with E-state index < -0.39 is 40.8 Å². The molecule has 42 heavy (non-hydrogen) atoms. The Hall–Kier alpha value is -2.44. The SMILES string of the molecule is CCCC1OC2CC3C4CCC5=CC(=O)C=CC5(C)C4C(O)CC3(C)C2(C(=O)COCNC(=O)CNC(=O)CNC)O1. The second kappa shape index (κ2) is 11.9. The molecule has 3 saturated carbocycles. The molecule has 11 heteroatoms. The Balaban J connectivity index is 1.32. The van der Waals surface area contributed by atoms with E-state index in [9.17, 15) is 24.3 Å². The molecule has 0 bridgehead atoms. The second-order valence-corrected chi connectivity index (χ2v) is 13.0. The van der Waals surface area contributed by atoms with Crippen LogP contribution in [0.25, 0.3) is 0 Å². The molecule has 5 aliphatic rings. The molecule has 4 aliphatic carbocycles. The van der Waals surface area contributed by atoms with E-state index in [1.807, 2.05) is 13.0 Å². The highest BCUT2D eigenvalue weighted by Crippen LogP contribution is 2.69. The quantitative estimate of drug-likeness (QED) is 0.206. The molecule has 0 radical (unpaired) electrons. The van der Waals surface area contributed by atoms with Gasteiger partial charge in [-0.1, -0.05) is 38.8 Å². The predicted octanol–water partition coefficient (Wildman–Crippen LogP) is 1.15. The first-order valence-electron chi connectivity index (χ1n) is 15.2. The van der Waals surface area contributed by atoms with Crippen LogP contribution in [0.5, 0.6) is 0 Å². The lowest BCUT2D eigenvalue weighted by atomic mass is 9.46. The number of fused-ring (bicyclic) bond motifs is 7. The molecule has 4 fully saturated rings. The minimum absolute atomic E-state index is 0.00508. The summed E-state index contributed by atoms with van der Waals surface area (Å²) in [6, 6.07) is 0. The molecule has 9 atom stereocenters. The van der Waals surface area contributed by atoms with Gasteiger partial charge in [-0.25, -0.2) is 0 Å². The van der Waals surface area contributed by atoms with Gasteiger partial charge >= 0.3 is 0 Å². The third-order valence-corrected chi connectivity index (χ3v) is 10.6. The van der Waals surface area contributed by atoms with Crippen molar-refractivity contribution in [3.63, 3.8) is 0 Å². The Morgan fingerprint density at radius 1 is 1.17 bits per heavy atom. The van der Waals surface area contributed by atoms with E-state index in [2.05, 4.69) is 29.8 Å². The van der Waals surface area contributed by atoms with Gasteiger partial charge < -0.3 is 35.3 Å². The number of ether oxygens (including phenoxy) is 3. The second-order valence-electron chi connectivity index (χ2n) is 13.0. The normalized spacial score (nSPS) is 39.9. The number of hydrogen-bond donors (Lipinski definition) is 4. The van der Waals surface area contributed by atoms with Crippen molar-refractivity contribution < 1.29 is 38.5 Å². The molecule has 1 aliphatic heterocycles. The molecular formula is C31H45N3O8. The lowest BCUT2D eigenvalue weighted by Crippen LogP contribution is -2.63. The van der Waals surface area contributed by atoms with Gasteiger partial charge in [0.25, 0.3) is 0 Å². The van der Waals surface area contributed by atoms with Crippen molar-refractivity contribution in [2.75, 3.05) is 33.5 Å². The number of hydrogen-bond acceptors (Lipinski definition) is 9.